The largest absolute Gasteiger partial charge is 1.00 e. The van der Waals surface area contributed by atoms with Crippen LogP contribution >= 0.6 is 0 Å². The van der Waals surface area contributed by atoms with Gasteiger partial charge in [-0.3, -0.25) is 0 Å². The first-order chi connectivity index (χ1) is 10.5. The van der Waals surface area contributed by atoms with Gasteiger partial charge in [0.2, 0.25) is 0 Å². The van der Waals surface area contributed by atoms with Gasteiger partial charge in [0.25, 0.3) is 0 Å². The fourth-order valence-electron chi connectivity index (χ4n) is 2.92. The Morgan fingerprint density at radius 1 is 0.739 bits per heavy atom. The monoisotopic (exact) mass is 392 g/mol. The van der Waals surface area contributed by atoms with E-state index in [0.717, 1.165) is 4.48 Å². The number of hydrogen-bond donors (Lipinski definition) is 1. The first kappa shape index (κ1) is 25.6. The highest BCUT2D eigenvalue weighted by atomic mass is 79.9. The molecular weight excluding hydrogens is 348 g/mol. The highest BCUT2D eigenvalue weighted by molar-refractivity contribution is 4.61. The molecule has 0 amide bonds. The number of nitrogens with one attached hydrogen (secondary N) is 1. The molecule has 0 saturated heterocycles. The van der Waals surface area contributed by atoms with Crippen molar-refractivity contribution in [1.29, 1.82) is 0 Å². The zero-order valence-electron chi connectivity index (χ0n) is 16.8. The number of unbranched alkanes of at least 4 members (excludes halogenated alkanes) is 9. The number of nitrogens with zero attached hydrogens (tertiary/aromatic N) is 1. The van der Waals surface area contributed by atoms with Gasteiger partial charge in [0.1, 0.15) is 0 Å². The number of rotatable bonds is 16. The molecule has 1 N–H and O–H groups in total. The molecule has 0 rings (SSSR count). The first-order valence-corrected chi connectivity index (χ1v) is 9.99. The Labute approximate surface area is 158 Å². The van der Waals surface area contributed by atoms with E-state index in [1.807, 2.05) is 0 Å². The summed E-state index contributed by atoms with van der Waals surface area (Å²) in [6, 6.07) is 0.696. The van der Waals surface area contributed by atoms with E-state index in [4.69, 9.17) is 0 Å². The molecule has 2 nitrogen and oxygen atoms in total. The van der Waals surface area contributed by atoms with E-state index in [1.165, 1.54) is 90.1 Å². The van der Waals surface area contributed by atoms with Crippen molar-refractivity contribution < 1.29 is 21.5 Å². The van der Waals surface area contributed by atoms with Crippen molar-refractivity contribution in [2.24, 2.45) is 0 Å². The molecule has 23 heavy (non-hydrogen) atoms. The predicted octanol–water partition coefficient (Wildman–Crippen LogP) is 2.38. The molecule has 142 valence electrons. The van der Waals surface area contributed by atoms with Crippen LogP contribution in [0.4, 0.5) is 0 Å². The summed E-state index contributed by atoms with van der Waals surface area (Å²) in [7, 11) is 6.85. The Morgan fingerprint density at radius 3 is 1.78 bits per heavy atom. The van der Waals surface area contributed by atoms with Crippen LogP contribution < -0.4 is 22.3 Å². The molecule has 0 aliphatic heterocycles. The van der Waals surface area contributed by atoms with Crippen molar-refractivity contribution in [3.8, 4) is 0 Å². The molecule has 3 heteroatoms. The molecule has 0 aliphatic carbocycles. The highest BCUT2D eigenvalue weighted by Crippen LogP contribution is 2.09. The molecule has 1 unspecified atom stereocenters. The molecule has 0 saturated carbocycles. The third-order valence-electron chi connectivity index (χ3n) is 4.49. The van der Waals surface area contributed by atoms with Crippen molar-refractivity contribution in [3.63, 3.8) is 0 Å². The third-order valence-corrected chi connectivity index (χ3v) is 4.49. The lowest BCUT2D eigenvalue weighted by Gasteiger charge is -2.24. The fraction of sp³-hybridized carbons (Fsp3) is 1.00. The molecule has 0 aromatic carbocycles. The second kappa shape index (κ2) is 17.2. The van der Waals surface area contributed by atoms with E-state index in [9.17, 15) is 0 Å². The molecule has 0 heterocycles. The SMILES string of the molecule is CCCCCCCCCCCNC(C)CCCC[N+](C)(C)C.[Br-]. The van der Waals surface area contributed by atoms with Gasteiger partial charge in [-0.1, -0.05) is 58.3 Å². The minimum Gasteiger partial charge on any atom is -1.00 e. The van der Waals surface area contributed by atoms with E-state index < -0.39 is 0 Å². The van der Waals surface area contributed by atoms with Gasteiger partial charge in [-0.05, 0) is 39.2 Å². The Hall–Kier alpha value is 0.400. The van der Waals surface area contributed by atoms with Gasteiger partial charge >= 0.3 is 0 Å². The summed E-state index contributed by atoms with van der Waals surface area (Å²) in [5.74, 6) is 0. The predicted molar refractivity (Wildman–Crippen MR) is 101 cm³/mol. The van der Waals surface area contributed by atoms with Crippen LogP contribution in [0, 0.1) is 0 Å². The van der Waals surface area contributed by atoms with Crippen molar-refractivity contribution >= 4 is 0 Å². The third kappa shape index (κ3) is 22.4. The topological polar surface area (TPSA) is 12.0 Å². The van der Waals surface area contributed by atoms with Gasteiger partial charge in [-0.25, -0.2) is 0 Å². The van der Waals surface area contributed by atoms with Gasteiger partial charge in [0.15, 0.2) is 0 Å². The maximum absolute atomic E-state index is 3.69. The van der Waals surface area contributed by atoms with E-state index in [1.54, 1.807) is 0 Å². The summed E-state index contributed by atoms with van der Waals surface area (Å²) in [5, 5.41) is 3.69. The zero-order chi connectivity index (χ0) is 16.7. The van der Waals surface area contributed by atoms with Crippen LogP contribution in [0.1, 0.15) is 90.9 Å². The van der Waals surface area contributed by atoms with Crippen LogP contribution in [0.2, 0.25) is 0 Å². The minimum atomic E-state index is 0. The second-order valence-corrected chi connectivity index (χ2v) is 8.19. The molecule has 0 spiro atoms. The van der Waals surface area contributed by atoms with E-state index in [-0.39, 0.29) is 17.0 Å². The molecule has 0 aromatic rings. The van der Waals surface area contributed by atoms with E-state index >= 15 is 0 Å². The highest BCUT2D eigenvalue weighted by Gasteiger charge is 2.07. The molecule has 0 aromatic heterocycles. The van der Waals surface area contributed by atoms with E-state index in [2.05, 4.69) is 40.3 Å². The van der Waals surface area contributed by atoms with Gasteiger partial charge in [-0.2, -0.15) is 0 Å². The smallest absolute Gasteiger partial charge is 0.0780 e. The minimum absolute atomic E-state index is 0. The summed E-state index contributed by atoms with van der Waals surface area (Å²) >= 11 is 0. The van der Waals surface area contributed by atoms with Crippen molar-refractivity contribution in [1.82, 2.24) is 5.32 Å². The maximum atomic E-state index is 3.69. The summed E-state index contributed by atoms with van der Waals surface area (Å²) in [6.45, 7) is 7.15. The van der Waals surface area contributed by atoms with Crippen LogP contribution in [-0.2, 0) is 0 Å². The zero-order valence-corrected chi connectivity index (χ0v) is 18.4. The van der Waals surface area contributed by atoms with Gasteiger partial charge in [0, 0.05) is 6.04 Å². The lowest BCUT2D eigenvalue weighted by molar-refractivity contribution is -0.870. The normalized spacial score (nSPS) is 12.9. The Bertz CT molecular complexity index is 226. The number of hydrogen-bond acceptors (Lipinski definition) is 1. The summed E-state index contributed by atoms with van der Waals surface area (Å²) in [4.78, 5) is 0. The molecule has 0 radical (unpaired) electrons. The summed E-state index contributed by atoms with van der Waals surface area (Å²) in [5.41, 5.74) is 0. The lowest BCUT2D eigenvalue weighted by Crippen LogP contribution is -3.00. The molecule has 0 fully saturated rings. The molecular formula is C20H45BrN2. The van der Waals surface area contributed by atoms with Crippen LogP contribution in [0.5, 0.6) is 0 Å². The molecule has 0 bridgehead atoms. The van der Waals surface area contributed by atoms with Crippen LogP contribution in [0.25, 0.3) is 0 Å². The summed E-state index contributed by atoms with van der Waals surface area (Å²) in [6.07, 6.45) is 16.8. The van der Waals surface area contributed by atoms with Crippen LogP contribution in [-0.4, -0.2) is 44.8 Å². The van der Waals surface area contributed by atoms with Crippen molar-refractivity contribution in [2.45, 2.75) is 96.9 Å². The quantitative estimate of drug-likeness (QED) is 0.314. The lowest BCUT2D eigenvalue weighted by atomic mass is 10.1. The average Bonchev–Trinajstić information content (AvgIpc) is 2.44. The van der Waals surface area contributed by atoms with E-state index in [0.29, 0.717) is 6.04 Å². The standard InChI is InChI=1S/C20H45N2.BrH/c1-6-7-8-9-10-11-12-13-15-18-21-20(2)17-14-16-19-22(3,4)5;/h20-21H,6-19H2,1-5H3;1H/q+1;/p-1. The van der Waals surface area contributed by atoms with Crippen molar-refractivity contribution in [2.75, 3.05) is 34.2 Å². The van der Waals surface area contributed by atoms with Gasteiger partial charge in [0.05, 0.1) is 27.7 Å². The second-order valence-electron chi connectivity index (χ2n) is 8.19. The van der Waals surface area contributed by atoms with Gasteiger partial charge in [-0.15, -0.1) is 0 Å². The fourth-order valence-corrected chi connectivity index (χ4v) is 2.92. The Morgan fingerprint density at radius 2 is 1.26 bits per heavy atom. The van der Waals surface area contributed by atoms with Crippen LogP contribution in [0.15, 0.2) is 0 Å². The van der Waals surface area contributed by atoms with Crippen molar-refractivity contribution in [3.05, 3.63) is 0 Å². The Kier molecular flexibility index (Phi) is 19.2. The molecule has 0 aliphatic rings. The Balaban J connectivity index is 0. The number of quaternary nitrogens is 1. The maximum Gasteiger partial charge on any atom is 0.0780 e. The average molecular weight is 393 g/mol. The summed E-state index contributed by atoms with van der Waals surface area (Å²) < 4.78 is 1.10. The van der Waals surface area contributed by atoms with Gasteiger partial charge < -0.3 is 26.8 Å². The molecule has 1 atom stereocenters. The number of halogens is 1. The first-order valence-electron chi connectivity index (χ1n) is 9.99. The van der Waals surface area contributed by atoms with Crippen LogP contribution in [0.3, 0.4) is 0 Å².